The van der Waals surface area contributed by atoms with Gasteiger partial charge >= 0.3 is 0 Å². The van der Waals surface area contributed by atoms with Gasteiger partial charge in [0.05, 0.1) is 4.90 Å². The van der Waals surface area contributed by atoms with Gasteiger partial charge in [-0.1, -0.05) is 13.8 Å². The summed E-state index contributed by atoms with van der Waals surface area (Å²) in [6, 6.07) is 3.97. The standard InChI is InChI=1S/C20H30N2O5S/c1-14(2)6-7-15(3)21-20(23)17-5-4-10-22(17)28(24,25)16-8-9-18-19(13-16)27-12-11-26-18/h8-9,13-15,17H,4-7,10-12H2,1-3H3,(H,21,23). The van der Waals surface area contributed by atoms with E-state index in [1.165, 1.54) is 16.4 Å². The highest BCUT2D eigenvalue weighted by molar-refractivity contribution is 7.89. The van der Waals surface area contributed by atoms with Crippen molar-refractivity contribution in [2.75, 3.05) is 19.8 Å². The lowest BCUT2D eigenvalue weighted by molar-refractivity contribution is -0.124. The van der Waals surface area contributed by atoms with Crippen molar-refractivity contribution >= 4 is 15.9 Å². The molecule has 28 heavy (non-hydrogen) atoms. The van der Waals surface area contributed by atoms with Crippen LogP contribution in [-0.4, -0.2) is 50.5 Å². The van der Waals surface area contributed by atoms with Crippen LogP contribution in [0.25, 0.3) is 0 Å². The van der Waals surface area contributed by atoms with Crippen molar-refractivity contribution in [3.63, 3.8) is 0 Å². The Morgan fingerprint density at radius 2 is 1.89 bits per heavy atom. The zero-order valence-electron chi connectivity index (χ0n) is 16.8. The third-order valence-corrected chi connectivity index (χ3v) is 7.10. The van der Waals surface area contributed by atoms with Gasteiger partial charge < -0.3 is 14.8 Å². The van der Waals surface area contributed by atoms with Crippen LogP contribution >= 0.6 is 0 Å². The Morgan fingerprint density at radius 3 is 2.61 bits per heavy atom. The maximum absolute atomic E-state index is 13.2. The minimum Gasteiger partial charge on any atom is -0.486 e. The Morgan fingerprint density at radius 1 is 1.18 bits per heavy atom. The van der Waals surface area contributed by atoms with E-state index in [1.807, 2.05) is 6.92 Å². The van der Waals surface area contributed by atoms with Crippen molar-refractivity contribution in [2.45, 2.75) is 63.4 Å². The molecule has 1 aromatic rings. The highest BCUT2D eigenvalue weighted by Crippen LogP contribution is 2.34. The summed E-state index contributed by atoms with van der Waals surface area (Å²) in [6.45, 7) is 7.44. The van der Waals surface area contributed by atoms with Gasteiger partial charge in [0, 0.05) is 18.7 Å². The van der Waals surface area contributed by atoms with Crippen molar-refractivity contribution in [1.82, 2.24) is 9.62 Å². The van der Waals surface area contributed by atoms with Gasteiger partial charge in [0.1, 0.15) is 19.3 Å². The molecule has 7 nitrogen and oxygen atoms in total. The molecule has 0 aliphatic carbocycles. The Labute approximate surface area is 167 Å². The zero-order valence-corrected chi connectivity index (χ0v) is 17.6. The number of rotatable bonds is 7. The predicted octanol–water partition coefficient (Wildman–Crippen LogP) is 2.55. The third kappa shape index (κ3) is 4.60. The summed E-state index contributed by atoms with van der Waals surface area (Å²) in [6.07, 6.45) is 3.10. The second kappa shape index (κ2) is 8.69. The second-order valence-electron chi connectivity index (χ2n) is 7.96. The Hall–Kier alpha value is -1.80. The Balaban J connectivity index is 1.73. The van der Waals surface area contributed by atoms with Crippen LogP contribution in [0.2, 0.25) is 0 Å². The van der Waals surface area contributed by atoms with Gasteiger partial charge in [-0.05, 0) is 50.7 Å². The number of carbonyl (C=O) groups is 1. The largest absolute Gasteiger partial charge is 0.486 e. The molecular formula is C20H30N2O5S. The molecule has 1 aromatic carbocycles. The average molecular weight is 411 g/mol. The number of nitrogens with zero attached hydrogens (tertiary/aromatic N) is 1. The quantitative estimate of drug-likeness (QED) is 0.747. The van der Waals surface area contributed by atoms with Crippen LogP contribution in [0.4, 0.5) is 0 Å². The number of fused-ring (bicyclic) bond motifs is 1. The lowest BCUT2D eigenvalue weighted by Crippen LogP contribution is -2.48. The lowest BCUT2D eigenvalue weighted by Gasteiger charge is -2.26. The van der Waals surface area contributed by atoms with E-state index in [-0.39, 0.29) is 16.8 Å². The molecule has 8 heteroatoms. The van der Waals surface area contributed by atoms with Crippen LogP contribution in [0.15, 0.2) is 23.1 Å². The van der Waals surface area contributed by atoms with Crippen LogP contribution in [-0.2, 0) is 14.8 Å². The van der Waals surface area contributed by atoms with Crippen molar-refractivity contribution < 1.29 is 22.7 Å². The molecule has 3 rings (SSSR count). The first-order chi connectivity index (χ1) is 13.3. The molecule has 0 saturated carbocycles. The molecule has 156 valence electrons. The maximum atomic E-state index is 13.2. The van der Waals surface area contributed by atoms with Crippen molar-refractivity contribution in [3.05, 3.63) is 18.2 Å². The molecule has 2 heterocycles. The average Bonchev–Trinajstić information content (AvgIpc) is 3.17. The van der Waals surface area contributed by atoms with Crippen LogP contribution < -0.4 is 14.8 Å². The van der Waals surface area contributed by atoms with Crippen LogP contribution in [0.5, 0.6) is 11.5 Å². The summed E-state index contributed by atoms with van der Waals surface area (Å²) in [4.78, 5) is 12.9. The molecule has 1 amide bonds. The van der Waals surface area contributed by atoms with E-state index in [1.54, 1.807) is 6.07 Å². The second-order valence-corrected chi connectivity index (χ2v) is 9.85. The first-order valence-electron chi connectivity index (χ1n) is 10.0. The van der Waals surface area contributed by atoms with Crippen LogP contribution in [0.3, 0.4) is 0 Å². The normalized spacial score (nSPS) is 20.9. The molecule has 0 bridgehead atoms. The van der Waals surface area contributed by atoms with E-state index >= 15 is 0 Å². The topological polar surface area (TPSA) is 84.9 Å². The fraction of sp³-hybridized carbons (Fsp3) is 0.650. The SMILES string of the molecule is CC(C)CCC(C)NC(=O)C1CCCN1S(=O)(=O)c1ccc2c(c1)OCCO2. The van der Waals surface area contributed by atoms with Crippen molar-refractivity contribution in [1.29, 1.82) is 0 Å². The third-order valence-electron chi connectivity index (χ3n) is 5.19. The van der Waals surface area contributed by atoms with E-state index in [0.29, 0.717) is 50.0 Å². The number of nitrogens with one attached hydrogen (secondary N) is 1. The fourth-order valence-corrected chi connectivity index (χ4v) is 5.28. The number of benzene rings is 1. The molecule has 2 aliphatic rings. The molecular weight excluding hydrogens is 380 g/mol. The zero-order chi connectivity index (χ0) is 20.3. The molecule has 1 saturated heterocycles. The smallest absolute Gasteiger partial charge is 0.243 e. The number of ether oxygens (including phenoxy) is 2. The number of sulfonamides is 1. The minimum absolute atomic E-state index is 0.0225. The maximum Gasteiger partial charge on any atom is 0.243 e. The first kappa shape index (κ1) is 20.9. The summed E-state index contributed by atoms with van der Waals surface area (Å²) in [7, 11) is -3.79. The molecule has 1 fully saturated rings. The Bertz CT molecular complexity index is 809. The monoisotopic (exact) mass is 410 g/mol. The number of carbonyl (C=O) groups excluding carboxylic acids is 1. The highest BCUT2D eigenvalue weighted by Gasteiger charge is 2.40. The number of hydrogen-bond donors (Lipinski definition) is 1. The summed E-state index contributed by atoms with van der Waals surface area (Å²) in [5.41, 5.74) is 0. The van der Waals surface area contributed by atoms with Gasteiger partial charge in [-0.15, -0.1) is 0 Å². The summed E-state index contributed by atoms with van der Waals surface area (Å²) in [5, 5.41) is 2.99. The van der Waals surface area contributed by atoms with E-state index in [0.717, 1.165) is 12.8 Å². The molecule has 1 N–H and O–H groups in total. The van der Waals surface area contributed by atoms with Crippen molar-refractivity contribution in [3.8, 4) is 11.5 Å². The van der Waals surface area contributed by atoms with Gasteiger partial charge in [-0.3, -0.25) is 4.79 Å². The van der Waals surface area contributed by atoms with Crippen LogP contribution in [0.1, 0.15) is 46.5 Å². The first-order valence-corrected chi connectivity index (χ1v) is 11.4. The van der Waals surface area contributed by atoms with Gasteiger partial charge in [0.15, 0.2) is 11.5 Å². The molecule has 0 radical (unpaired) electrons. The van der Waals surface area contributed by atoms with E-state index in [4.69, 9.17) is 9.47 Å². The predicted molar refractivity (Wildman–Crippen MR) is 106 cm³/mol. The molecule has 2 aliphatic heterocycles. The van der Waals surface area contributed by atoms with Gasteiger partial charge in [0.2, 0.25) is 15.9 Å². The van der Waals surface area contributed by atoms with E-state index in [2.05, 4.69) is 19.2 Å². The van der Waals surface area contributed by atoms with Gasteiger partial charge in [0.25, 0.3) is 0 Å². The summed E-state index contributed by atoms with van der Waals surface area (Å²) < 4.78 is 38.7. The Kier molecular flexibility index (Phi) is 6.50. The van der Waals surface area contributed by atoms with E-state index in [9.17, 15) is 13.2 Å². The van der Waals surface area contributed by atoms with Gasteiger partial charge in [-0.2, -0.15) is 4.31 Å². The molecule has 2 unspecified atom stereocenters. The van der Waals surface area contributed by atoms with Crippen LogP contribution in [0, 0.1) is 5.92 Å². The molecule has 0 spiro atoms. The lowest BCUT2D eigenvalue weighted by atomic mass is 10.0. The highest BCUT2D eigenvalue weighted by atomic mass is 32.2. The fourth-order valence-electron chi connectivity index (χ4n) is 3.60. The van der Waals surface area contributed by atoms with E-state index < -0.39 is 16.1 Å². The number of hydrogen-bond acceptors (Lipinski definition) is 5. The van der Waals surface area contributed by atoms with Gasteiger partial charge in [-0.25, -0.2) is 8.42 Å². The molecule has 2 atom stereocenters. The number of amides is 1. The summed E-state index contributed by atoms with van der Waals surface area (Å²) in [5.74, 6) is 1.32. The van der Waals surface area contributed by atoms with Crippen molar-refractivity contribution in [2.24, 2.45) is 5.92 Å². The summed E-state index contributed by atoms with van der Waals surface area (Å²) >= 11 is 0. The minimum atomic E-state index is -3.79. The molecule has 0 aromatic heterocycles.